The second kappa shape index (κ2) is 8.87. The first kappa shape index (κ1) is 19.3. The molecule has 0 unspecified atom stereocenters. The van der Waals surface area contributed by atoms with Gasteiger partial charge in [-0.05, 0) is 41.8 Å². The number of aromatic nitrogens is 1. The number of hydrogen-bond acceptors (Lipinski definition) is 3. The quantitative estimate of drug-likeness (QED) is 0.565. The van der Waals surface area contributed by atoms with Crippen molar-refractivity contribution in [3.63, 3.8) is 0 Å². The van der Waals surface area contributed by atoms with Crippen molar-refractivity contribution >= 4 is 21.9 Å². The van der Waals surface area contributed by atoms with Gasteiger partial charge in [-0.15, -0.1) is 0 Å². The highest BCUT2D eigenvalue weighted by Crippen LogP contribution is 2.30. The van der Waals surface area contributed by atoms with Gasteiger partial charge in [-0.1, -0.05) is 0 Å². The molecule has 0 atom stereocenters. The molecule has 2 rings (SSSR count). The van der Waals surface area contributed by atoms with Crippen LogP contribution in [0.2, 0.25) is 0 Å². The lowest BCUT2D eigenvalue weighted by Crippen LogP contribution is -2.41. The zero-order valence-electron chi connectivity index (χ0n) is 14.9. The van der Waals surface area contributed by atoms with E-state index in [2.05, 4.69) is 49.9 Å². The fourth-order valence-corrected chi connectivity index (χ4v) is 3.50. The lowest BCUT2D eigenvalue weighted by Gasteiger charge is -2.34. The summed E-state index contributed by atoms with van der Waals surface area (Å²) in [7, 11) is 4.08. The van der Waals surface area contributed by atoms with Gasteiger partial charge >= 0.3 is 0 Å². The number of aliphatic hydroxyl groups excluding tert-OH is 1. The van der Waals surface area contributed by atoms with E-state index in [1.54, 1.807) is 0 Å². The van der Waals surface area contributed by atoms with Crippen LogP contribution in [0, 0.1) is 5.41 Å². The van der Waals surface area contributed by atoms with Crippen molar-refractivity contribution < 1.29 is 9.84 Å². The van der Waals surface area contributed by atoms with Gasteiger partial charge in [-0.3, -0.25) is 4.99 Å². The number of guanidine groups is 1. The highest BCUT2D eigenvalue weighted by atomic mass is 79.9. The standard InChI is InChI=1S/C17H29BrN4O2/c1-4-19-16(20-12-17(13-23)5-7-24-8-6-17)22(3)11-15-9-14(18)10-21(15)2/h9-10,23H,4-8,11-13H2,1-3H3,(H,19,20). The molecule has 1 aliphatic heterocycles. The maximum atomic E-state index is 9.83. The van der Waals surface area contributed by atoms with Crippen molar-refractivity contribution in [1.82, 2.24) is 14.8 Å². The molecule has 6 nitrogen and oxygen atoms in total. The number of aryl methyl sites for hydroxylation is 1. The summed E-state index contributed by atoms with van der Waals surface area (Å²) in [6.07, 6.45) is 3.78. The largest absolute Gasteiger partial charge is 0.396 e. The van der Waals surface area contributed by atoms with Crippen molar-refractivity contribution in [2.24, 2.45) is 17.5 Å². The molecule has 0 aliphatic carbocycles. The van der Waals surface area contributed by atoms with Crippen molar-refractivity contribution in [3.8, 4) is 0 Å². The Morgan fingerprint density at radius 1 is 1.50 bits per heavy atom. The number of nitrogens with zero attached hydrogens (tertiary/aromatic N) is 3. The lowest BCUT2D eigenvalue weighted by atomic mass is 9.81. The molecule has 7 heteroatoms. The molecule has 0 bridgehead atoms. The zero-order chi connectivity index (χ0) is 17.6. The molecule has 0 spiro atoms. The number of aliphatic imine (C=N–C) groups is 1. The summed E-state index contributed by atoms with van der Waals surface area (Å²) < 4.78 is 8.62. The van der Waals surface area contributed by atoms with Gasteiger partial charge in [-0.25, -0.2) is 0 Å². The van der Waals surface area contributed by atoms with E-state index in [1.807, 2.05) is 14.1 Å². The maximum absolute atomic E-state index is 9.83. The van der Waals surface area contributed by atoms with E-state index in [1.165, 1.54) is 5.69 Å². The van der Waals surface area contributed by atoms with Crippen LogP contribution in [0.25, 0.3) is 0 Å². The molecular weight excluding hydrogens is 372 g/mol. The molecule has 2 heterocycles. The minimum atomic E-state index is -0.145. The van der Waals surface area contributed by atoms with E-state index < -0.39 is 0 Å². The van der Waals surface area contributed by atoms with Crippen LogP contribution in [0.5, 0.6) is 0 Å². The molecule has 24 heavy (non-hydrogen) atoms. The second-order valence-corrected chi connectivity index (χ2v) is 7.47. The van der Waals surface area contributed by atoms with Crippen LogP contribution in [-0.4, -0.2) is 60.5 Å². The second-order valence-electron chi connectivity index (χ2n) is 6.56. The molecule has 1 aromatic heterocycles. The number of aliphatic hydroxyl groups is 1. The van der Waals surface area contributed by atoms with Gasteiger partial charge in [0.05, 0.1) is 19.7 Å². The van der Waals surface area contributed by atoms with Crippen LogP contribution in [0.3, 0.4) is 0 Å². The van der Waals surface area contributed by atoms with Crippen molar-refractivity contribution in [3.05, 3.63) is 22.4 Å². The van der Waals surface area contributed by atoms with Gasteiger partial charge < -0.3 is 24.6 Å². The SMILES string of the molecule is CCNC(=NCC1(CO)CCOCC1)N(C)Cc1cc(Br)cn1C. The van der Waals surface area contributed by atoms with E-state index in [4.69, 9.17) is 9.73 Å². The molecule has 1 fully saturated rings. The highest BCUT2D eigenvalue weighted by Gasteiger charge is 2.32. The van der Waals surface area contributed by atoms with Crippen LogP contribution in [0.15, 0.2) is 21.7 Å². The summed E-state index contributed by atoms with van der Waals surface area (Å²) in [5.41, 5.74) is 1.06. The van der Waals surface area contributed by atoms with Crippen molar-refractivity contribution in [2.45, 2.75) is 26.3 Å². The van der Waals surface area contributed by atoms with Gasteiger partial charge in [0, 0.05) is 55.6 Å². The smallest absolute Gasteiger partial charge is 0.194 e. The Hall–Kier alpha value is -1.05. The van der Waals surface area contributed by atoms with E-state index in [0.717, 1.165) is 36.4 Å². The Labute approximate surface area is 153 Å². The Morgan fingerprint density at radius 2 is 2.21 bits per heavy atom. The molecule has 136 valence electrons. The number of halogens is 1. The first-order chi connectivity index (χ1) is 11.5. The topological polar surface area (TPSA) is 62.0 Å². The molecular formula is C17H29BrN4O2. The van der Waals surface area contributed by atoms with Gasteiger partial charge in [-0.2, -0.15) is 0 Å². The molecule has 0 amide bonds. The summed E-state index contributed by atoms with van der Waals surface area (Å²) in [6, 6.07) is 2.12. The number of rotatable bonds is 6. The van der Waals surface area contributed by atoms with Crippen LogP contribution < -0.4 is 5.32 Å². The normalized spacial score (nSPS) is 17.8. The first-order valence-corrected chi connectivity index (χ1v) is 9.28. The highest BCUT2D eigenvalue weighted by molar-refractivity contribution is 9.10. The van der Waals surface area contributed by atoms with Crippen molar-refractivity contribution in [2.75, 3.05) is 40.0 Å². The predicted molar refractivity (Wildman–Crippen MR) is 100 cm³/mol. The van der Waals surface area contributed by atoms with Crippen LogP contribution >= 0.6 is 15.9 Å². The number of nitrogens with one attached hydrogen (secondary N) is 1. The first-order valence-electron chi connectivity index (χ1n) is 8.48. The average molecular weight is 401 g/mol. The van der Waals surface area contributed by atoms with Gasteiger partial charge in [0.25, 0.3) is 0 Å². The maximum Gasteiger partial charge on any atom is 0.194 e. The molecule has 0 radical (unpaired) electrons. The minimum Gasteiger partial charge on any atom is -0.396 e. The average Bonchev–Trinajstić information content (AvgIpc) is 2.89. The molecule has 0 saturated carbocycles. The third kappa shape index (κ3) is 4.97. The van der Waals surface area contributed by atoms with E-state index in [-0.39, 0.29) is 12.0 Å². The Kier molecular flexibility index (Phi) is 7.13. The van der Waals surface area contributed by atoms with Crippen LogP contribution in [0.1, 0.15) is 25.5 Å². The Bertz CT molecular complexity index is 553. The predicted octanol–water partition coefficient (Wildman–Crippen LogP) is 1.97. The summed E-state index contributed by atoms with van der Waals surface area (Å²) in [6.45, 7) is 5.85. The third-order valence-electron chi connectivity index (χ3n) is 4.62. The minimum absolute atomic E-state index is 0.145. The molecule has 1 aliphatic rings. The van der Waals surface area contributed by atoms with Crippen LogP contribution in [0.4, 0.5) is 0 Å². The van der Waals surface area contributed by atoms with Crippen molar-refractivity contribution in [1.29, 1.82) is 0 Å². The summed E-state index contributed by atoms with van der Waals surface area (Å²) in [5.74, 6) is 0.870. The Balaban J connectivity index is 2.07. The molecule has 1 aromatic rings. The number of hydrogen-bond donors (Lipinski definition) is 2. The molecule has 0 aromatic carbocycles. The zero-order valence-corrected chi connectivity index (χ0v) is 16.5. The summed E-state index contributed by atoms with van der Waals surface area (Å²) >= 11 is 3.52. The van der Waals surface area contributed by atoms with Gasteiger partial charge in [0.1, 0.15) is 0 Å². The monoisotopic (exact) mass is 400 g/mol. The fourth-order valence-electron chi connectivity index (χ4n) is 2.92. The fraction of sp³-hybridized carbons (Fsp3) is 0.706. The van der Waals surface area contributed by atoms with Gasteiger partial charge in [0.15, 0.2) is 5.96 Å². The van der Waals surface area contributed by atoms with Crippen LogP contribution in [-0.2, 0) is 18.3 Å². The molecule has 2 N–H and O–H groups in total. The summed E-state index contributed by atoms with van der Waals surface area (Å²) in [5, 5.41) is 13.2. The Morgan fingerprint density at radius 3 is 2.75 bits per heavy atom. The van der Waals surface area contributed by atoms with E-state index in [0.29, 0.717) is 19.8 Å². The van der Waals surface area contributed by atoms with Gasteiger partial charge in [0.2, 0.25) is 0 Å². The van der Waals surface area contributed by atoms with E-state index >= 15 is 0 Å². The lowest BCUT2D eigenvalue weighted by molar-refractivity contribution is -0.0107. The summed E-state index contributed by atoms with van der Waals surface area (Å²) in [4.78, 5) is 6.93. The van der Waals surface area contributed by atoms with E-state index in [9.17, 15) is 5.11 Å². The third-order valence-corrected chi connectivity index (χ3v) is 5.06. The molecule has 1 saturated heterocycles. The number of ether oxygens (including phenoxy) is 1.